The van der Waals surface area contributed by atoms with E-state index >= 15 is 0 Å². The second kappa shape index (κ2) is 6.76. The predicted molar refractivity (Wildman–Crippen MR) is 82.9 cm³/mol. The maximum Gasteiger partial charge on any atom is 0.251 e. The van der Waals surface area contributed by atoms with Crippen LogP contribution in [0.25, 0.3) is 0 Å². The molecule has 2 aliphatic carbocycles. The van der Waals surface area contributed by atoms with Crippen LogP contribution in [0.3, 0.4) is 0 Å². The molecule has 0 radical (unpaired) electrons. The van der Waals surface area contributed by atoms with Crippen molar-refractivity contribution < 1.29 is 0 Å². The molecule has 1 aromatic heterocycles. The Morgan fingerprint density at radius 1 is 1.25 bits per heavy atom. The average molecular weight is 293 g/mol. The Labute approximate surface area is 124 Å². The Kier molecular flexibility index (Phi) is 4.78. The lowest BCUT2D eigenvalue weighted by Gasteiger charge is -2.20. The Bertz CT molecular complexity index is 492. The molecule has 0 aliphatic heterocycles. The third-order valence-corrected chi connectivity index (χ3v) is 5.38. The number of aromatic nitrogens is 2. The average Bonchev–Trinajstić information content (AvgIpc) is 3.28. The standard InChI is InChI=1S/C15H23N3OS/c19-15-8-12(9-16-11-6-7-11)17-14(18-15)10-20-13-4-2-1-3-5-13/h8,11,13,16H,1-7,9-10H2,(H,17,18,19). The molecule has 2 saturated carbocycles. The fourth-order valence-electron chi connectivity index (χ4n) is 2.69. The minimum atomic E-state index is -0.0214. The zero-order valence-corrected chi connectivity index (χ0v) is 12.7. The van der Waals surface area contributed by atoms with E-state index in [1.165, 1.54) is 44.9 Å². The van der Waals surface area contributed by atoms with Gasteiger partial charge in [-0.05, 0) is 25.7 Å². The molecule has 2 aliphatic rings. The molecule has 3 rings (SSSR count). The number of H-pyrrole nitrogens is 1. The normalized spacial score (nSPS) is 20.2. The van der Waals surface area contributed by atoms with E-state index in [9.17, 15) is 4.79 Å². The monoisotopic (exact) mass is 293 g/mol. The van der Waals surface area contributed by atoms with Gasteiger partial charge in [0.2, 0.25) is 0 Å². The second-order valence-electron chi connectivity index (χ2n) is 5.91. The van der Waals surface area contributed by atoms with Crippen molar-refractivity contribution in [3.05, 3.63) is 27.9 Å². The summed E-state index contributed by atoms with van der Waals surface area (Å²) in [5.74, 6) is 1.66. The van der Waals surface area contributed by atoms with Crippen molar-refractivity contribution in [2.24, 2.45) is 0 Å². The van der Waals surface area contributed by atoms with Crippen LogP contribution in [0.1, 0.15) is 56.5 Å². The number of hydrogen-bond acceptors (Lipinski definition) is 4. The van der Waals surface area contributed by atoms with E-state index < -0.39 is 0 Å². The lowest BCUT2D eigenvalue weighted by Crippen LogP contribution is -2.20. The maximum atomic E-state index is 11.7. The SMILES string of the molecule is O=c1cc(CNC2CC2)nc(CSC2CCCCC2)[nH]1. The van der Waals surface area contributed by atoms with Crippen LogP contribution in [0, 0.1) is 0 Å². The minimum absolute atomic E-state index is 0.0214. The van der Waals surface area contributed by atoms with Crippen LogP contribution in [-0.4, -0.2) is 21.3 Å². The zero-order chi connectivity index (χ0) is 13.8. The van der Waals surface area contributed by atoms with Gasteiger partial charge in [0.05, 0.1) is 11.4 Å². The highest BCUT2D eigenvalue weighted by Crippen LogP contribution is 2.29. The number of rotatable bonds is 6. The van der Waals surface area contributed by atoms with Crippen molar-refractivity contribution in [1.82, 2.24) is 15.3 Å². The van der Waals surface area contributed by atoms with Gasteiger partial charge in [0, 0.05) is 23.9 Å². The molecular weight excluding hydrogens is 270 g/mol. The largest absolute Gasteiger partial charge is 0.310 e. The highest BCUT2D eigenvalue weighted by molar-refractivity contribution is 7.99. The topological polar surface area (TPSA) is 57.8 Å². The predicted octanol–water partition coefficient (Wildman–Crippen LogP) is 2.59. The second-order valence-corrected chi connectivity index (χ2v) is 7.20. The maximum absolute atomic E-state index is 11.7. The van der Waals surface area contributed by atoms with E-state index in [0.717, 1.165) is 29.1 Å². The third-order valence-electron chi connectivity index (χ3n) is 4.00. The van der Waals surface area contributed by atoms with E-state index in [0.29, 0.717) is 6.04 Å². The van der Waals surface area contributed by atoms with E-state index in [1.54, 1.807) is 6.07 Å². The van der Waals surface area contributed by atoms with Gasteiger partial charge in [-0.25, -0.2) is 4.98 Å². The van der Waals surface area contributed by atoms with Crippen molar-refractivity contribution in [3.8, 4) is 0 Å². The van der Waals surface area contributed by atoms with Crippen molar-refractivity contribution >= 4 is 11.8 Å². The molecule has 20 heavy (non-hydrogen) atoms. The first-order chi connectivity index (χ1) is 9.79. The lowest BCUT2D eigenvalue weighted by molar-refractivity contribution is 0.516. The van der Waals surface area contributed by atoms with Gasteiger partial charge < -0.3 is 10.3 Å². The molecule has 2 fully saturated rings. The molecule has 0 spiro atoms. The molecule has 0 saturated heterocycles. The van der Waals surface area contributed by atoms with Gasteiger partial charge in [0.25, 0.3) is 5.56 Å². The summed E-state index contributed by atoms with van der Waals surface area (Å²) >= 11 is 1.95. The van der Waals surface area contributed by atoms with Crippen molar-refractivity contribution in [3.63, 3.8) is 0 Å². The van der Waals surface area contributed by atoms with E-state index in [1.807, 2.05) is 11.8 Å². The minimum Gasteiger partial charge on any atom is -0.310 e. The highest BCUT2D eigenvalue weighted by Gasteiger charge is 2.20. The fraction of sp³-hybridized carbons (Fsp3) is 0.733. The molecule has 0 atom stereocenters. The summed E-state index contributed by atoms with van der Waals surface area (Å²) in [6.45, 7) is 0.718. The Morgan fingerprint density at radius 2 is 2.05 bits per heavy atom. The Morgan fingerprint density at radius 3 is 2.80 bits per heavy atom. The van der Waals surface area contributed by atoms with Crippen LogP contribution in [-0.2, 0) is 12.3 Å². The molecule has 110 valence electrons. The van der Waals surface area contributed by atoms with Crippen LogP contribution in [0.4, 0.5) is 0 Å². The van der Waals surface area contributed by atoms with Crippen LogP contribution < -0.4 is 10.9 Å². The molecule has 4 nitrogen and oxygen atoms in total. The molecule has 1 heterocycles. The molecule has 5 heteroatoms. The number of thioether (sulfide) groups is 1. The smallest absolute Gasteiger partial charge is 0.251 e. The van der Waals surface area contributed by atoms with Gasteiger partial charge >= 0.3 is 0 Å². The molecule has 0 amide bonds. The van der Waals surface area contributed by atoms with Crippen LogP contribution in [0.2, 0.25) is 0 Å². The summed E-state index contributed by atoms with van der Waals surface area (Å²) in [7, 11) is 0. The summed E-state index contributed by atoms with van der Waals surface area (Å²) in [5.41, 5.74) is 0.853. The Hall–Kier alpha value is -0.810. The summed E-state index contributed by atoms with van der Waals surface area (Å²) < 4.78 is 0. The Balaban J connectivity index is 1.55. The van der Waals surface area contributed by atoms with Crippen LogP contribution in [0.15, 0.2) is 10.9 Å². The first kappa shape index (κ1) is 14.1. The van der Waals surface area contributed by atoms with Crippen molar-refractivity contribution in [2.75, 3.05) is 0 Å². The van der Waals surface area contributed by atoms with Crippen LogP contribution in [0.5, 0.6) is 0 Å². The van der Waals surface area contributed by atoms with Gasteiger partial charge in [-0.1, -0.05) is 19.3 Å². The van der Waals surface area contributed by atoms with Gasteiger partial charge in [0.15, 0.2) is 0 Å². The first-order valence-electron chi connectivity index (χ1n) is 7.74. The van der Waals surface area contributed by atoms with Gasteiger partial charge in [0.1, 0.15) is 5.82 Å². The first-order valence-corrected chi connectivity index (χ1v) is 8.78. The fourth-order valence-corrected chi connectivity index (χ4v) is 3.88. The number of nitrogens with zero attached hydrogens (tertiary/aromatic N) is 1. The summed E-state index contributed by atoms with van der Waals surface area (Å²) in [6.07, 6.45) is 9.24. The number of aromatic amines is 1. The highest BCUT2D eigenvalue weighted by atomic mass is 32.2. The third kappa shape index (κ3) is 4.35. The zero-order valence-electron chi connectivity index (χ0n) is 11.9. The van der Waals surface area contributed by atoms with Gasteiger partial charge in [-0.15, -0.1) is 0 Å². The lowest BCUT2D eigenvalue weighted by atomic mass is 10.0. The van der Waals surface area contributed by atoms with E-state index in [2.05, 4.69) is 15.3 Å². The molecule has 2 N–H and O–H groups in total. The van der Waals surface area contributed by atoms with E-state index in [4.69, 9.17) is 0 Å². The molecular formula is C15H23N3OS. The molecule has 0 unspecified atom stereocenters. The summed E-state index contributed by atoms with van der Waals surface area (Å²) in [6, 6.07) is 2.26. The van der Waals surface area contributed by atoms with Crippen molar-refractivity contribution in [1.29, 1.82) is 0 Å². The van der Waals surface area contributed by atoms with Gasteiger partial charge in [-0.2, -0.15) is 11.8 Å². The van der Waals surface area contributed by atoms with Crippen LogP contribution >= 0.6 is 11.8 Å². The van der Waals surface area contributed by atoms with Crippen molar-refractivity contribution in [2.45, 2.75) is 68.5 Å². The molecule has 0 bridgehead atoms. The number of hydrogen-bond donors (Lipinski definition) is 2. The quantitative estimate of drug-likeness (QED) is 0.846. The van der Waals surface area contributed by atoms with Gasteiger partial charge in [-0.3, -0.25) is 4.79 Å². The summed E-state index contributed by atoms with van der Waals surface area (Å²) in [5, 5.41) is 4.16. The molecule has 0 aromatic carbocycles. The molecule has 1 aromatic rings. The number of nitrogens with one attached hydrogen (secondary N) is 2. The summed E-state index contributed by atoms with van der Waals surface area (Å²) in [4.78, 5) is 19.1. The van der Waals surface area contributed by atoms with E-state index in [-0.39, 0.29) is 5.56 Å².